The van der Waals surface area contributed by atoms with Gasteiger partial charge < -0.3 is 20.2 Å². The van der Waals surface area contributed by atoms with Crippen molar-refractivity contribution in [1.29, 1.82) is 0 Å². The van der Waals surface area contributed by atoms with Gasteiger partial charge in [0.2, 0.25) is 5.95 Å². The summed E-state index contributed by atoms with van der Waals surface area (Å²) in [5.74, 6) is 1.08. The third-order valence-electron chi connectivity index (χ3n) is 4.96. The smallest absolute Gasteiger partial charge is 0.225 e. The zero-order chi connectivity index (χ0) is 16.9. The van der Waals surface area contributed by atoms with Crippen LogP contribution in [0.3, 0.4) is 0 Å². The van der Waals surface area contributed by atoms with Crippen LogP contribution in [0.15, 0.2) is 12.4 Å². The number of hydrogen-bond acceptors (Lipinski definition) is 6. The lowest BCUT2D eigenvalue weighted by atomic mass is 9.88. The van der Waals surface area contributed by atoms with E-state index in [1.165, 1.54) is 0 Å². The van der Waals surface area contributed by atoms with Crippen LogP contribution < -0.4 is 10.2 Å². The van der Waals surface area contributed by atoms with Crippen LogP contribution in [-0.2, 0) is 6.54 Å². The van der Waals surface area contributed by atoms with Crippen LogP contribution in [-0.4, -0.2) is 65.3 Å². The maximum absolute atomic E-state index is 10.4. The van der Waals surface area contributed by atoms with Crippen molar-refractivity contribution < 1.29 is 5.11 Å². The minimum atomic E-state index is -0.685. The second kappa shape index (κ2) is 8.04. The molecular weight excluding hydrogens is 290 g/mol. The zero-order valence-corrected chi connectivity index (χ0v) is 14.9. The molecular formula is C17H31N5O. The largest absolute Gasteiger partial charge is 0.389 e. The topological polar surface area (TPSA) is 64.5 Å². The SMILES string of the molecule is CCC(C)C(C)(O)CNCc1cnc(N2CCN(C)CC2)nc1. The summed E-state index contributed by atoms with van der Waals surface area (Å²) in [6, 6.07) is 0. The van der Waals surface area contributed by atoms with Crippen molar-refractivity contribution >= 4 is 5.95 Å². The lowest BCUT2D eigenvalue weighted by Crippen LogP contribution is -2.45. The van der Waals surface area contributed by atoms with E-state index in [9.17, 15) is 5.11 Å². The molecule has 6 nitrogen and oxygen atoms in total. The van der Waals surface area contributed by atoms with Gasteiger partial charge in [0, 0.05) is 57.2 Å². The number of nitrogens with zero attached hydrogens (tertiary/aromatic N) is 4. The van der Waals surface area contributed by atoms with E-state index in [1.807, 2.05) is 19.3 Å². The van der Waals surface area contributed by atoms with Gasteiger partial charge in [0.25, 0.3) is 0 Å². The Kier molecular flexibility index (Phi) is 6.33. The van der Waals surface area contributed by atoms with Crippen LogP contribution in [0.2, 0.25) is 0 Å². The molecule has 1 fully saturated rings. The molecule has 130 valence electrons. The van der Waals surface area contributed by atoms with Gasteiger partial charge in [0.15, 0.2) is 0 Å². The maximum atomic E-state index is 10.4. The standard InChI is InChI=1S/C17H31N5O/c1-5-14(2)17(3,23)13-18-10-15-11-19-16(20-12-15)22-8-6-21(4)7-9-22/h11-12,14,18,23H,5-10,13H2,1-4H3. The first-order valence-electron chi connectivity index (χ1n) is 8.60. The molecule has 0 spiro atoms. The fourth-order valence-corrected chi connectivity index (χ4v) is 2.68. The predicted molar refractivity (Wildman–Crippen MR) is 93.5 cm³/mol. The molecule has 0 radical (unpaired) electrons. The Morgan fingerprint density at radius 2 is 1.87 bits per heavy atom. The van der Waals surface area contributed by atoms with Gasteiger partial charge in [-0.05, 0) is 19.9 Å². The molecule has 1 saturated heterocycles. The number of rotatable bonds is 7. The summed E-state index contributed by atoms with van der Waals surface area (Å²) in [6.45, 7) is 11.4. The number of aromatic nitrogens is 2. The van der Waals surface area contributed by atoms with Crippen molar-refractivity contribution in [3.8, 4) is 0 Å². The molecule has 6 heteroatoms. The molecule has 0 aromatic carbocycles. The van der Waals surface area contributed by atoms with E-state index in [-0.39, 0.29) is 5.92 Å². The summed E-state index contributed by atoms with van der Waals surface area (Å²) in [5, 5.41) is 13.7. The van der Waals surface area contributed by atoms with E-state index in [4.69, 9.17) is 0 Å². The summed E-state index contributed by atoms with van der Waals surface area (Å²) in [5.41, 5.74) is 0.359. The van der Waals surface area contributed by atoms with Crippen LogP contribution in [0.4, 0.5) is 5.95 Å². The summed E-state index contributed by atoms with van der Waals surface area (Å²) < 4.78 is 0. The monoisotopic (exact) mass is 321 g/mol. The van der Waals surface area contributed by atoms with Crippen LogP contribution in [0, 0.1) is 5.92 Å². The molecule has 0 bridgehead atoms. The molecule has 1 aromatic heterocycles. The van der Waals surface area contributed by atoms with E-state index >= 15 is 0 Å². The highest BCUT2D eigenvalue weighted by Crippen LogP contribution is 2.19. The zero-order valence-electron chi connectivity index (χ0n) is 14.9. The van der Waals surface area contributed by atoms with Gasteiger partial charge in [-0.25, -0.2) is 9.97 Å². The molecule has 23 heavy (non-hydrogen) atoms. The number of likely N-dealkylation sites (N-methyl/N-ethyl adjacent to an activating group) is 1. The number of piperazine rings is 1. The molecule has 2 atom stereocenters. The van der Waals surface area contributed by atoms with Gasteiger partial charge in [-0.2, -0.15) is 0 Å². The minimum Gasteiger partial charge on any atom is -0.389 e. The van der Waals surface area contributed by atoms with Gasteiger partial charge >= 0.3 is 0 Å². The molecule has 1 aromatic rings. The lowest BCUT2D eigenvalue weighted by molar-refractivity contribution is 0.00534. The number of hydrogen-bond donors (Lipinski definition) is 2. The van der Waals surface area contributed by atoms with E-state index in [2.05, 4.69) is 46.0 Å². The second-order valence-corrected chi connectivity index (χ2v) is 6.95. The first kappa shape index (κ1) is 18.1. The highest BCUT2D eigenvalue weighted by atomic mass is 16.3. The fraction of sp³-hybridized carbons (Fsp3) is 0.765. The van der Waals surface area contributed by atoms with Crippen LogP contribution in [0.1, 0.15) is 32.8 Å². The maximum Gasteiger partial charge on any atom is 0.225 e. The summed E-state index contributed by atoms with van der Waals surface area (Å²) in [6.07, 6.45) is 4.73. The molecule has 2 heterocycles. The Morgan fingerprint density at radius 1 is 1.26 bits per heavy atom. The van der Waals surface area contributed by atoms with Crippen molar-refractivity contribution in [2.45, 2.75) is 39.3 Å². The van der Waals surface area contributed by atoms with Crippen molar-refractivity contribution in [3.05, 3.63) is 18.0 Å². The quantitative estimate of drug-likeness (QED) is 0.784. The number of nitrogens with one attached hydrogen (secondary N) is 1. The summed E-state index contributed by atoms with van der Waals surface area (Å²) in [4.78, 5) is 13.5. The highest BCUT2D eigenvalue weighted by Gasteiger charge is 2.26. The van der Waals surface area contributed by atoms with Gasteiger partial charge in [0.1, 0.15) is 0 Å². The summed E-state index contributed by atoms with van der Waals surface area (Å²) in [7, 11) is 2.14. The van der Waals surface area contributed by atoms with Crippen molar-refractivity contribution in [2.24, 2.45) is 5.92 Å². The Balaban J connectivity index is 1.81. The van der Waals surface area contributed by atoms with E-state index in [0.29, 0.717) is 13.1 Å². The average molecular weight is 321 g/mol. The van der Waals surface area contributed by atoms with Gasteiger partial charge in [0.05, 0.1) is 5.60 Å². The molecule has 0 amide bonds. The van der Waals surface area contributed by atoms with Crippen LogP contribution >= 0.6 is 0 Å². The Bertz CT molecular complexity index is 468. The summed E-state index contributed by atoms with van der Waals surface area (Å²) >= 11 is 0. The van der Waals surface area contributed by atoms with Crippen molar-refractivity contribution in [2.75, 3.05) is 44.7 Å². The Hall–Kier alpha value is -1.24. The number of aliphatic hydroxyl groups is 1. The predicted octanol–water partition coefficient (Wildman–Crippen LogP) is 1.12. The van der Waals surface area contributed by atoms with Gasteiger partial charge in [-0.3, -0.25) is 0 Å². The molecule has 0 aliphatic carbocycles. The third kappa shape index (κ3) is 5.12. The number of anilines is 1. The van der Waals surface area contributed by atoms with Crippen molar-refractivity contribution in [1.82, 2.24) is 20.2 Å². The lowest BCUT2D eigenvalue weighted by Gasteiger charge is -2.32. The molecule has 2 unspecified atom stereocenters. The van der Waals surface area contributed by atoms with Gasteiger partial charge in [-0.15, -0.1) is 0 Å². The first-order chi connectivity index (χ1) is 10.9. The molecule has 2 rings (SSSR count). The third-order valence-corrected chi connectivity index (χ3v) is 4.96. The second-order valence-electron chi connectivity index (χ2n) is 6.95. The fourth-order valence-electron chi connectivity index (χ4n) is 2.68. The minimum absolute atomic E-state index is 0.269. The van der Waals surface area contributed by atoms with E-state index < -0.39 is 5.60 Å². The average Bonchev–Trinajstić information content (AvgIpc) is 2.55. The molecule has 0 saturated carbocycles. The van der Waals surface area contributed by atoms with Crippen LogP contribution in [0.25, 0.3) is 0 Å². The van der Waals surface area contributed by atoms with Gasteiger partial charge in [-0.1, -0.05) is 20.3 Å². The highest BCUT2D eigenvalue weighted by molar-refractivity contribution is 5.30. The van der Waals surface area contributed by atoms with Crippen LogP contribution in [0.5, 0.6) is 0 Å². The van der Waals surface area contributed by atoms with E-state index in [1.54, 1.807) is 0 Å². The Morgan fingerprint density at radius 3 is 2.43 bits per heavy atom. The molecule has 1 aliphatic rings. The van der Waals surface area contributed by atoms with Crippen molar-refractivity contribution in [3.63, 3.8) is 0 Å². The molecule has 1 aliphatic heterocycles. The first-order valence-corrected chi connectivity index (χ1v) is 8.60. The normalized spacial score (nSPS) is 20.3. The molecule has 2 N–H and O–H groups in total. The van der Waals surface area contributed by atoms with E-state index in [0.717, 1.165) is 44.1 Å². The Labute approximate surface area is 139 Å².